The lowest BCUT2D eigenvalue weighted by Gasteiger charge is -2.36. The molecule has 0 radical (unpaired) electrons. The lowest BCUT2D eigenvalue weighted by molar-refractivity contribution is -0.137. The summed E-state index contributed by atoms with van der Waals surface area (Å²) >= 11 is 0. The van der Waals surface area contributed by atoms with Crippen LogP contribution in [0, 0.1) is 11.8 Å². The van der Waals surface area contributed by atoms with E-state index in [-0.39, 0.29) is 17.7 Å². The van der Waals surface area contributed by atoms with E-state index in [1.165, 1.54) is 0 Å². The normalized spacial score (nSPS) is 25.3. The molecular formula is C17H23N3O2. The Hall–Kier alpha value is -1.88. The number of hydrogen-bond donors (Lipinski definition) is 1. The molecule has 0 unspecified atom stereocenters. The average molecular weight is 301 g/mol. The molecule has 22 heavy (non-hydrogen) atoms. The fraction of sp³-hybridized carbons (Fsp3) is 0.529. The third kappa shape index (κ3) is 2.99. The molecule has 2 saturated heterocycles. The SMILES string of the molecule is C[C@@H]1CNC[C@H]1C(=O)N1CCN(C(=O)c2ccccc2)CC1. The Bertz CT molecular complexity index is 538. The minimum atomic E-state index is 0.0589. The molecule has 1 N–H and O–H groups in total. The van der Waals surface area contributed by atoms with Crippen LogP contribution in [-0.4, -0.2) is 60.9 Å². The van der Waals surface area contributed by atoms with Crippen LogP contribution in [0.15, 0.2) is 30.3 Å². The second-order valence-electron chi connectivity index (χ2n) is 6.23. The van der Waals surface area contributed by atoms with Crippen molar-refractivity contribution in [1.82, 2.24) is 15.1 Å². The third-order valence-electron chi connectivity index (χ3n) is 4.73. The lowest BCUT2D eigenvalue weighted by Crippen LogP contribution is -2.52. The second kappa shape index (κ2) is 6.48. The molecule has 2 amide bonds. The maximum atomic E-state index is 12.5. The van der Waals surface area contributed by atoms with Crippen molar-refractivity contribution in [3.63, 3.8) is 0 Å². The highest BCUT2D eigenvalue weighted by Gasteiger charge is 2.34. The van der Waals surface area contributed by atoms with Crippen molar-refractivity contribution in [2.24, 2.45) is 11.8 Å². The van der Waals surface area contributed by atoms with Gasteiger partial charge in [-0.3, -0.25) is 9.59 Å². The standard InChI is InChI=1S/C17H23N3O2/c1-13-11-18-12-15(13)17(22)20-9-7-19(8-10-20)16(21)14-5-3-2-4-6-14/h2-6,13,15,18H,7-12H2,1H3/t13-,15-/m1/s1. The molecule has 118 valence electrons. The Kier molecular flexibility index (Phi) is 4.43. The predicted molar refractivity (Wildman–Crippen MR) is 84.4 cm³/mol. The zero-order valence-electron chi connectivity index (χ0n) is 13.0. The first-order chi connectivity index (χ1) is 10.7. The van der Waals surface area contributed by atoms with E-state index in [0.717, 1.165) is 18.7 Å². The molecule has 2 fully saturated rings. The molecule has 0 spiro atoms. The fourth-order valence-corrected chi connectivity index (χ4v) is 3.27. The summed E-state index contributed by atoms with van der Waals surface area (Å²) in [4.78, 5) is 28.7. The molecule has 2 atom stereocenters. The number of nitrogens with zero attached hydrogens (tertiary/aromatic N) is 2. The van der Waals surface area contributed by atoms with Gasteiger partial charge in [0, 0.05) is 38.3 Å². The largest absolute Gasteiger partial charge is 0.339 e. The van der Waals surface area contributed by atoms with Crippen LogP contribution in [0.2, 0.25) is 0 Å². The Morgan fingerprint density at radius 2 is 1.64 bits per heavy atom. The van der Waals surface area contributed by atoms with Crippen molar-refractivity contribution in [3.8, 4) is 0 Å². The maximum absolute atomic E-state index is 12.5. The Morgan fingerprint density at radius 3 is 2.23 bits per heavy atom. The summed E-state index contributed by atoms with van der Waals surface area (Å²) in [6.45, 7) is 6.34. The highest BCUT2D eigenvalue weighted by Crippen LogP contribution is 2.20. The van der Waals surface area contributed by atoms with Crippen molar-refractivity contribution in [2.75, 3.05) is 39.3 Å². The van der Waals surface area contributed by atoms with E-state index in [2.05, 4.69) is 12.2 Å². The van der Waals surface area contributed by atoms with Crippen molar-refractivity contribution < 1.29 is 9.59 Å². The van der Waals surface area contributed by atoms with E-state index in [1.54, 1.807) is 0 Å². The van der Waals surface area contributed by atoms with E-state index < -0.39 is 0 Å². The summed E-state index contributed by atoms with van der Waals surface area (Å²) < 4.78 is 0. The van der Waals surface area contributed by atoms with Crippen LogP contribution in [-0.2, 0) is 4.79 Å². The quantitative estimate of drug-likeness (QED) is 0.880. The van der Waals surface area contributed by atoms with Crippen LogP contribution < -0.4 is 5.32 Å². The van der Waals surface area contributed by atoms with Gasteiger partial charge in [0.05, 0.1) is 5.92 Å². The van der Waals surface area contributed by atoms with Crippen LogP contribution in [0.3, 0.4) is 0 Å². The van der Waals surface area contributed by atoms with Crippen LogP contribution in [0.1, 0.15) is 17.3 Å². The molecule has 3 rings (SSSR count). The first-order valence-electron chi connectivity index (χ1n) is 8.00. The second-order valence-corrected chi connectivity index (χ2v) is 6.23. The minimum absolute atomic E-state index is 0.0589. The van der Waals surface area contributed by atoms with Gasteiger partial charge in [0.25, 0.3) is 5.91 Å². The number of piperazine rings is 1. The number of carbonyl (C=O) groups is 2. The van der Waals surface area contributed by atoms with Crippen molar-refractivity contribution in [3.05, 3.63) is 35.9 Å². The lowest BCUT2D eigenvalue weighted by atomic mass is 9.96. The van der Waals surface area contributed by atoms with Crippen LogP contribution in [0.25, 0.3) is 0 Å². The van der Waals surface area contributed by atoms with E-state index >= 15 is 0 Å². The summed E-state index contributed by atoms with van der Waals surface area (Å²) in [5.74, 6) is 0.792. The van der Waals surface area contributed by atoms with Gasteiger partial charge < -0.3 is 15.1 Å². The molecule has 1 aromatic rings. The van der Waals surface area contributed by atoms with Gasteiger partial charge in [-0.2, -0.15) is 0 Å². The Morgan fingerprint density at radius 1 is 1.00 bits per heavy atom. The molecule has 0 bridgehead atoms. The van der Waals surface area contributed by atoms with Gasteiger partial charge in [-0.25, -0.2) is 0 Å². The smallest absolute Gasteiger partial charge is 0.253 e. The molecule has 5 nitrogen and oxygen atoms in total. The molecule has 0 saturated carbocycles. The summed E-state index contributed by atoms with van der Waals surface area (Å²) in [5.41, 5.74) is 0.718. The summed E-state index contributed by atoms with van der Waals surface area (Å²) in [7, 11) is 0. The molecular weight excluding hydrogens is 278 g/mol. The van der Waals surface area contributed by atoms with E-state index in [4.69, 9.17) is 0 Å². The molecule has 2 aliphatic rings. The minimum Gasteiger partial charge on any atom is -0.339 e. The van der Waals surface area contributed by atoms with Gasteiger partial charge in [0.2, 0.25) is 5.91 Å². The Balaban J connectivity index is 1.56. The number of amides is 2. The first-order valence-corrected chi connectivity index (χ1v) is 8.00. The highest BCUT2D eigenvalue weighted by atomic mass is 16.2. The van der Waals surface area contributed by atoms with Gasteiger partial charge >= 0.3 is 0 Å². The van der Waals surface area contributed by atoms with E-state index in [1.807, 2.05) is 40.1 Å². The summed E-state index contributed by atoms with van der Waals surface area (Å²) in [6, 6.07) is 9.34. The number of benzene rings is 1. The van der Waals surface area contributed by atoms with Crippen LogP contribution in [0.4, 0.5) is 0 Å². The van der Waals surface area contributed by atoms with Crippen LogP contribution >= 0.6 is 0 Å². The molecule has 1 aromatic carbocycles. The predicted octanol–water partition coefficient (Wildman–Crippen LogP) is 0.827. The van der Waals surface area contributed by atoms with Crippen LogP contribution in [0.5, 0.6) is 0 Å². The summed E-state index contributed by atoms with van der Waals surface area (Å²) in [6.07, 6.45) is 0. The van der Waals surface area contributed by atoms with Gasteiger partial charge in [-0.15, -0.1) is 0 Å². The zero-order valence-corrected chi connectivity index (χ0v) is 13.0. The monoisotopic (exact) mass is 301 g/mol. The van der Waals surface area contributed by atoms with Gasteiger partial charge in [-0.05, 0) is 24.6 Å². The zero-order chi connectivity index (χ0) is 15.5. The first kappa shape index (κ1) is 15.0. The topological polar surface area (TPSA) is 52.7 Å². The number of nitrogens with one attached hydrogen (secondary N) is 1. The number of hydrogen-bond acceptors (Lipinski definition) is 3. The molecule has 5 heteroatoms. The Labute approximate surface area is 131 Å². The molecule has 2 aliphatic heterocycles. The highest BCUT2D eigenvalue weighted by molar-refractivity contribution is 5.94. The maximum Gasteiger partial charge on any atom is 0.253 e. The van der Waals surface area contributed by atoms with E-state index in [0.29, 0.717) is 32.1 Å². The van der Waals surface area contributed by atoms with Gasteiger partial charge in [0.1, 0.15) is 0 Å². The number of carbonyl (C=O) groups excluding carboxylic acids is 2. The average Bonchev–Trinajstić information content (AvgIpc) is 3.00. The molecule has 2 heterocycles. The number of rotatable bonds is 2. The van der Waals surface area contributed by atoms with Crippen molar-refractivity contribution >= 4 is 11.8 Å². The summed E-state index contributed by atoms with van der Waals surface area (Å²) in [5, 5.41) is 3.28. The van der Waals surface area contributed by atoms with Gasteiger partial charge in [0.15, 0.2) is 0 Å². The molecule has 0 aromatic heterocycles. The molecule has 0 aliphatic carbocycles. The fourth-order valence-electron chi connectivity index (χ4n) is 3.27. The third-order valence-corrected chi connectivity index (χ3v) is 4.73. The van der Waals surface area contributed by atoms with E-state index in [9.17, 15) is 9.59 Å². The van der Waals surface area contributed by atoms with Gasteiger partial charge in [-0.1, -0.05) is 25.1 Å². The van der Waals surface area contributed by atoms with Crippen molar-refractivity contribution in [2.45, 2.75) is 6.92 Å². The van der Waals surface area contributed by atoms with Crippen molar-refractivity contribution in [1.29, 1.82) is 0 Å².